The Hall–Kier alpha value is -3.87. The van der Waals surface area contributed by atoms with Gasteiger partial charge < -0.3 is 19.2 Å². The van der Waals surface area contributed by atoms with Gasteiger partial charge in [-0.3, -0.25) is 9.59 Å². The number of carbonyl (C=O) groups is 2. The van der Waals surface area contributed by atoms with Crippen molar-refractivity contribution in [3.05, 3.63) is 94.7 Å². The molecule has 1 saturated heterocycles. The monoisotopic (exact) mass is 421 g/mol. The first-order valence-electron chi connectivity index (χ1n) is 9.62. The molecule has 1 fully saturated rings. The van der Waals surface area contributed by atoms with Crippen LogP contribution in [0.5, 0.6) is 5.75 Å². The summed E-state index contributed by atoms with van der Waals surface area (Å²) in [4.78, 5) is 27.2. The van der Waals surface area contributed by atoms with Crippen LogP contribution in [0.3, 0.4) is 0 Å². The largest absolute Gasteiger partial charge is 0.507 e. The molecule has 1 N–H and O–H groups in total. The SMILES string of the molecule is COc1ccc(C2/C(=C(/O)c3ccc(C)c(F)c3)C(=O)C(=O)N2Cc2ccco2)cc1. The molecule has 1 aliphatic rings. The Kier molecular flexibility index (Phi) is 5.33. The molecule has 158 valence electrons. The lowest BCUT2D eigenvalue weighted by atomic mass is 9.95. The number of amides is 1. The fourth-order valence-electron chi connectivity index (χ4n) is 3.64. The molecule has 31 heavy (non-hydrogen) atoms. The van der Waals surface area contributed by atoms with Gasteiger partial charge in [-0.15, -0.1) is 0 Å². The molecule has 1 amide bonds. The quantitative estimate of drug-likeness (QED) is 0.376. The van der Waals surface area contributed by atoms with Crippen LogP contribution in [-0.2, 0) is 16.1 Å². The highest BCUT2D eigenvalue weighted by Crippen LogP contribution is 2.40. The van der Waals surface area contributed by atoms with E-state index in [0.29, 0.717) is 22.6 Å². The van der Waals surface area contributed by atoms with Gasteiger partial charge in [0.2, 0.25) is 0 Å². The number of Topliss-reactive ketones (excluding diaryl/α,β-unsaturated/α-hetero) is 1. The lowest BCUT2D eigenvalue weighted by molar-refractivity contribution is -0.140. The van der Waals surface area contributed by atoms with Gasteiger partial charge in [0.25, 0.3) is 11.7 Å². The molecular formula is C24H20FNO5. The first-order chi connectivity index (χ1) is 14.9. The minimum atomic E-state index is -0.875. The smallest absolute Gasteiger partial charge is 0.296 e. The number of aliphatic hydroxyl groups is 1. The van der Waals surface area contributed by atoms with Crippen molar-refractivity contribution in [2.75, 3.05) is 7.11 Å². The maximum atomic E-state index is 14.1. The number of rotatable bonds is 5. The Morgan fingerprint density at radius 3 is 2.52 bits per heavy atom. The zero-order valence-corrected chi connectivity index (χ0v) is 17.0. The van der Waals surface area contributed by atoms with Gasteiger partial charge in [0.05, 0.1) is 31.5 Å². The maximum absolute atomic E-state index is 14.1. The summed E-state index contributed by atoms with van der Waals surface area (Å²) >= 11 is 0. The molecule has 1 aliphatic heterocycles. The highest BCUT2D eigenvalue weighted by atomic mass is 19.1. The van der Waals surface area contributed by atoms with Crippen LogP contribution in [0.15, 0.2) is 70.9 Å². The summed E-state index contributed by atoms with van der Waals surface area (Å²) in [7, 11) is 1.53. The third kappa shape index (κ3) is 3.70. The number of ether oxygens (including phenoxy) is 1. The van der Waals surface area contributed by atoms with Crippen molar-refractivity contribution in [3.8, 4) is 5.75 Å². The van der Waals surface area contributed by atoms with E-state index in [1.54, 1.807) is 43.3 Å². The molecule has 0 spiro atoms. The van der Waals surface area contributed by atoms with Gasteiger partial charge in [-0.25, -0.2) is 4.39 Å². The Bertz CT molecular complexity index is 1170. The molecule has 4 rings (SSSR count). The predicted molar refractivity (Wildman–Crippen MR) is 111 cm³/mol. The van der Waals surface area contributed by atoms with Crippen molar-refractivity contribution in [3.63, 3.8) is 0 Å². The van der Waals surface area contributed by atoms with Gasteiger partial charge >= 0.3 is 0 Å². The fraction of sp³-hybridized carbons (Fsp3) is 0.167. The molecule has 0 saturated carbocycles. The maximum Gasteiger partial charge on any atom is 0.296 e. The van der Waals surface area contributed by atoms with Crippen LogP contribution in [0.4, 0.5) is 4.39 Å². The van der Waals surface area contributed by atoms with E-state index in [0.717, 1.165) is 6.07 Å². The Balaban J connectivity index is 1.86. The van der Waals surface area contributed by atoms with Crippen molar-refractivity contribution in [1.29, 1.82) is 0 Å². The Labute approximate surface area is 178 Å². The van der Waals surface area contributed by atoms with Gasteiger partial charge in [0, 0.05) is 5.56 Å². The van der Waals surface area contributed by atoms with Crippen LogP contribution in [0.25, 0.3) is 5.76 Å². The number of hydrogen-bond donors (Lipinski definition) is 1. The summed E-state index contributed by atoms with van der Waals surface area (Å²) < 4.78 is 24.7. The second-order valence-electron chi connectivity index (χ2n) is 7.24. The summed E-state index contributed by atoms with van der Waals surface area (Å²) in [5.74, 6) is -1.47. The van der Waals surface area contributed by atoms with Crippen LogP contribution in [-0.4, -0.2) is 28.8 Å². The summed E-state index contributed by atoms with van der Waals surface area (Å²) in [6.45, 7) is 1.63. The topological polar surface area (TPSA) is 80.0 Å². The molecule has 1 unspecified atom stereocenters. The van der Waals surface area contributed by atoms with Crippen molar-refractivity contribution >= 4 is 17.4 Å². The third-order valence-electron chi connectivity index (χ3n) is 5.32. The molecule has 2 aromatic carbocycles. The van der Waals surface area contributed by atoms with E-state index in [-0.39, 0.29) is 17.7 Å². The number of halogens is 1. The average Bonchev–Trinajstić information content (AvgIpc) is 3.38. The molecule has 0 bridgehead atoms. The van der Waals surface area contributed by atoms with Gasteiger partial charge in [0.15, 0.2) is 0 Å². The fourth-order valence-corrected chi connectivity index (χ4v) is 3.64. The van der Waals surface area contributed by atoms with Gasteiger partial charge in [0.1, 0.15) is 23.1 Å². The number of furan rings is 1. The first-order valence-corrected chi connectivity index (χ1v) is 9.62. The van der Waals surface area contributed by atoms with Gasteiger partial charge in [-0.05, 0) is 48.4 Å². The standard InChI is InChI=1S/C24H20FNO5/c1-14-5-6-16(12-19(14)25)22(27)20-21(15-7-9-17(30-2)10-8-15)26(24(29)23(20)28)13-18-4-3-11-31-18/h3-12,21,27H,13H2,1-2H3/b22-20-. The number of methoxy groups -OCH3 is 1. The zero-order chi connectivity index (χ0) is 22.1. The summed E-state index contributed by atoms with van der Waals surface area (Å²) in [5, 5.41) is 11.0. The van der Waals surface area contributed by atoms with Crippen LogP contribution in [0, 0.1) is 12.7 Å². The lowest BCUT2D eigenvalue weighted by Crippen LogP contribution is -2.29. The highest BCUT2D eigenvalue weighted by Gasteiger charge is 2.46. The number of aliphatic hydroxyl groups excluding tert-OH is 1. The van der Waals surface area contributed by atoms with E-state index >= 15 is 0 Å². The normalized spacial score (nSPS) is 17.9. The summed E-state index contributed by atoms with van der Waals surface area (Å²) in [6, 6.07) is 13.5. The first kappa shape index (κ1) is 20.4. The molecule has 7 heteroatoms. The van der Waals surface area contributed by atoms with E-state index in [4.69, 9.17) is 9.15 Å². The molecular weight excluding hydrogens is 401 g/mol. The molecule has 0 radical (unpaired) electrons. The summed E-state index contributed by atoms with van der Waals surface area (Å²) in [5.41, 5.74) is 1.02. The van der Waals surface area contributed by atoms with Gasteiger partial charge in [-0.2, -0.15) is 0 Å². The number of benzene rings is 2. The molecule has 1 aromatic heterocycles. The minimum absolute atomic E-state index is 0.0350. The molecule has 1 atom stereocenters. The zero-order valence-electron chi connectivity index (χ0n) is 17.0. The number of carbonyl (C=O) groups excluding carboxylic acids is 2. The van der Waals surface area contributed by atoms with Crippen molar-refractivity contribution < 1.29 is 28.2 Å². The Morgan fingerprint density at radius 1 is 1.16 bits per heavy atom. The summed E-state index contributed by atoms with van der Waals surface area (Å²) in [6.07, 6.45) is 1.48. The highest BCUT2D eigenvalue weighted by molar-refractivity contribution is 6.46. The van der Waals surface area contributed by atoms with Crippen molar-refractivity contribution in [2.24, 2.45) is 0 Å². The van der Waals surface area contributed by atoms with E-state index < -0.39 is 29.3 Å². The van der Waals surface area contributed by atoms with Crippen molar-refractivity contribution in [2.45, 2.75) is 19.5 Å². The van der Waals surface area contributed by atoms with Crippen LogP contribution in [0.2, 0.25) is 0 Å². The number of likely N-dealkylation sites (tertiary alicyclic amines) is 1. The van der Waals surface area contributed by atoms with E-state index in [2.05, 4.69) is 0 Å². The minimum Gasteiger partial charge on any atom is -0.507 e. The lowest BCUT2D eigenvalue weighted by Gasteiger charge is -2.24. The van der Waals surface area contributed by atoms with Gasteiger partial charge in [-0.1, -0.05) is 24.3 Å². The predicted octanol–water partition coefficient (Wildman–Crippen LogP) is 4.36. The Morgan fingerprint density at radius 2 is 1.90 bits per heavy atom. The van der Waals surface area contributed by atoms with Crippen LogP contribution >= 0.6 is 0 Å². The van der Waals surface area contributed by atoms with Crippen LogP contribution < -0.4 is 4.74 Å². The molecule has 0 aliphatic carbocycles. The van der Waals surface area contributed by atoms with Crippen LogP contribution in [0.1, 0.15) is 28.5 Å². The average molecular weight is 421 g/mol. The second-order valence-corrected chi connectivity index (χ2v) is 7.24. The number of hydrogen-bond acceptors (Lipinski definition) is 5. The molecule has 6 nitrogen and oxygen atoms in total. The molecule has 2 heterocycles. The number of aryl methyl sites for hydroxylation is 1. The van der Waals surface area contributed by atoms with Crippen molar-refractivity contribution in [1.82, 2.24) is 4.90 Å². The molecule has 3 aromatic rings. The number of ketones is 1. The van der Waals surface area contributed by atoms with E-state index in [1.807, 2.05) is 0 Å². The van der Waals surface area contributed by atoms with E-state index in [1.165, 1.54) is 30.4 Å². The second kappa shape index (κ2) is 8.10. The number of nitrogens with zero attached hydrogens (tertiary/aromatic N) is 1. The van der Waals surface area contributed by atoms with E-state index in [9.17, 15) is 19.1 Å². The third-order valence-corrected chi connectivity index (χ3v) is 5.32.